The highest BCUT2D eigenvalue weighted by Crippen LogP contribution is 2.37. The number of anilines is 1. The molecule has 4 heteroatoms. The van der Waals surface area contributed by atoms with Crippen LogP contribution in [0.4, 0.5) is 5.69 Å². The van der Waals surface area contributed by atoms with E-state index in [0.717, 1.165) is 30.0 Å². The molecule has 0 radical (unpaired) electrons. The third-order valence-corrected chi connectivity index (χ3v) is 5.86. The molecule has 24 heavy (non-hydrogen) atoms. The molecule has 0 aliphatic carbocycles. The van der Waals surface area contributed by atoms with Crippen LogP contribution < -0.4 is 5.32 Å². The van der Waals surface area contributed by atoms with Crippen molar-refractivity contribution in [1.29, 1.82) is 0 Å². The quantitative estimate of drug-likeness (QED) is 0.733. The van der Waals surface area contributed by atoms with Crippen LogP contribution in [0.3, 0.4) is 0 Å². The number of benzene rings is 1. The molecule has 2 rings (SSSR count). The molecule has 132 valence electrons. The smallest absolute Gasteiger partial charge is 0.265 e. The van der Waals surface area contributed by atoms with E-state index in [1.165, 1.54) is 5.56 Å². The third-order valence-electron chi connectivity index (χ3n) is 4.73. The van der Waals surface area contributed by atoms with E-state index in [-0.39, 0.29) is 5.91 Å². The molecule has 1 aliphatic heterocycles. The molecule has 3 nitrogen and oxygen atoms in total. The van der Waals surface area contributed by atoms with E-state index in [2.05, 4.69) is 39.1 Å². The molecule has 1 atom stereocenters. The SMILES string of the molecule is CCC(C)(C)CC(C)c1ccccc1NC(=O)C1=C(C)OCCS1. The molecule has 1 aliphatic rings. The Morgan fingerprint density at radius 2 is 2.08 bits per heavy atom. The molecule has 0 aromatic heterocycles. The Kier molecular flexibility index (Phi) is 6.39. The number of amides is 1. The van der Waals surface area contributed by atoms with Gasteiger partial charge in [-0.2, -0.15) is 0 Å². The molecular weight excluding hydrogens is 318 g/mol. The predicted molar refractivity (Wildman–Crippen MR) is 103 cm³/mol. The predicted octanol–water partition coefficient (Wildman–Crippen LogP) is 5.55. The van der Waals surface area contributed by atoms with Crippen LogP contribution in [0.15, 0.2) is 34.9 Å². The molecule has 1 N–H and O–H groups in total. The van der Waals surface area contributed by atoms with Crippen LogP contribution in [0.2, 0.25) is 0 Å². The lowest BCUT2D eigenvalue weighted by Crippen LogP contribution is -2.20. The fraction of sp³-hybridized carbons (Fsp3) is 0.550. The van der Waals surface area contributed by atoms with Gasteiger partial charge in [0.15, 0.2) is 0 Å². The van der Waals surface area contributed by atoms with E-state index in [0.29, 0.717) is 22.8 Å². The lowest BCUT2D eigenvalue weighted by Gasteiger charge is -2.28. The summed E-state index contributed by atoms with van der Waals surface area (Å²) in [6.45, 7) is 11.6. The zero-order valence-corrected chi connectivity index (χ0v) is 16.3. The van der Waals surface area contributed by atoms with Crippen LogP contribution in [0, 0.1) is 5.41 Å². The van der Waals surface area contributed by atoms with Gasteiger partial charge < -0.3 is 10.1 Å². The number of allylic oxidation sites excluding steroid dienone is 1. The fourth-order valence-corrected chi connectivity index (χ4v) is 3.85. The van der Waals surface area contributed by atoms with E-state index < -0.39 is 0 Å². The summed E-state index contributed by atoms with van der Waals surface area (Å²) in [5.41, 5.74) is 2.41. The summed E-state index contributed by atoms with van der Waals surface area (Å²) in [5.74, 6) is 1.87. The molecule has 0 saturated heterocycles. The van der Waals surface area contributed by atoms with Gasteiger partial charge in [-0.1, -0.05) is 52.3 Å². The van der Waals surface area contributed by atoms with Crippen molar-refractivity contribution in [3.05, 3.63) is 40.5 Å². The third kappa shape index (κ3) is 4.79. The van der Waals surface area contributed by atoms with Crippen molar-refractivity contribution in [2.75, 3.05) is 17.7 Å². The summed E-state index contributed by atoms with van der Waals surface area (Å²) in [5, 5.41) is 3.10. The van der Waals surface area contributed by atoms with Crippen molar-refractivity contribution >= 4 is 23.4 Å². The zero-order chi connectivity index (χ0) is 17.7. The second kappa shape index (κ2) is 8.11. The van der Waals surface area contributed by atoms with E-state index in [9.17, 15) is 4.79 Å². The van der Waals surface area contributed by atoms with Gasteiger partial charge in [0.25, 0.3) is 5.91 Å². The maximum absolute atomic E-state index is 12.6. The molecule has 1 aromatic rings. The number of rotatable bonds is 6. The maximum atomic E-state index is 12.6. The first-order valence-corrected chi connectivity index (χ1v) is 9.69. The number of carbonyl (C=O) groups excluding carboxylic acids is 1. The molecule has 0 bridgehead atoms. The Bertz CT molecular complexity index is 622. The van der Waals surface area contributed by atoms with E-state index in [4.69, 9.17) is 4.74 Å². The molecule has 1 amide bonds. The van der Waals surface area contributed by atoms with Crippen LogP contribution in [-0.2, 0) is 9.53 Å². The summed E-state index contributed by atoms with van der Waals surface area (Å²) in [4.78, 5) is 13.3. The largest absolute Gasteiger partial charge is 0.496 e. The minimum absolute atomic E-state index is 0.0633. The number of hydrogen-bond acceptors (Lipinski definition) is 3. The summed E-state index contributed by atoms with van der Waals surface area (Å²) < 4.78 is 5.51. The zero-order valence-electron chi connectivity index (χ0n) is 15.4. The van der Waals surface area contributed by atoms with Crippen LogP contribution >= 0.6 is 11.8 Å². The molecule has 0 saturated carbocycles. The van der Waals surface area contributed by atoms with Gasteiger partial charge in [-0.3, -0.25) is 4.79 Å². The molecule has 1 heterocycles. The first-order chi connectivity index (χ1) is 11.3. The normalized spacial score (nSPS) is 16.5. The summed E-state index contributed by atoms with van der Waals surface area (Å²) >= 11 is 1.57. The Balaban J connectivity index is 2.18. The van der Waals surface area contributed by atoms with Crippen molar-refractivity contribution in [3.8, 4) is 0 Å². The van der Waals surface area contributed by atoms with Gasteiger partial charge >= 0.3 is 0 Å². The first kappa shape index (κ1) is 18.9. The Morgan fingerprint density at radius 3 is 2.75 bits per heavy atom. The Morgan fingerprint density at radius 1 is 1.38 bits per heavy atom. The number of para-hydroxylation sites is 1. The lowest BCUT2D eigenvalue weighted by atomic mass is 9.78. The van der Waals surface area contributed by atoms with Gasteiger partial charge in [0.2, 0.25) is 0 Å². The van der Waals surface area contributed by atoms with Gasteiger partial charge in [0, 0.05) is 11.4 Å². The highest BCUT2D eigenvalue weighted by molar-refractivity contribution is 8.04. The number of nitrogens with one attached hydrogen (secondary N) is 1. The monoisotopic (exact) mass is 347 g/mol. The Labute approximate surface area is 150 Å². The minimum atomic E-state index is -0.0633. The number of ether oxygens (including phenoxy) is 1. The van der Waals surface area contributed by atoms with Gasteiger partial charge in [0.1, 0.15) is 10.7 Å². The van der Waals surface area contributed by atoms with E-state index in [1.807, 2.05) is 25.1 Å². The van der Waals surface area contributed by atoms with Crippen LogP contribution in [0.1, 0.15) is 58.9 Å². The standard InChI is InChI=1S/C20H29NO2S/c1-6-20(4,5)13-14(2)16-9-7-8-10-17(16)21-19(22)18-15(3)23-11-12-24-18/h7-10,14H,6,11-13H2,1-5H3,(H,21,22). The minimum Gasteiger partial charge on any atom is -0.496 e. The van der Waals surface area contributed by atoms with Crippen molar-refractivity contribution in [2.24, 2.45) is 5.41 Å². The van der Waals surface area contributed by atoms with Gasteiger partial charge in [-0.25, -0.2) is 0 Å². The molecular formula is C20H29NO2S. The molecule has 1 aromatic carbocycles. The first-order valence-electron chi connectivity index (χ1n) is 8.71. The lowest BCUT2D eigenvalue weighted by molar-refractivity contribution is -0.112. The average Bonchev–Trinajstić information content (AvgIpc) is 2.55. The van der Waals surface area contributed by atoms with Crippen LogP contribution in [-0.4, -0.2) is 18.3 Å². The van der Waals surface area contributed by atoms with Gasteiger partial charge in [0.05, 0.1) is 6.61 Å². The van der Waals surface area contributed by atoms with Crippen LogP contribution in [0.25, 0.3) is 0 Å². The van der Waals surface area contributed by atoms with E-state index in [1.54, 1.807) is 11.8 Å². The van der Waals surface area contributed by atoms with Gasteiger partial charge in [-0.05, 0) is 36.3 Å². The topological polar surface area (TPSA) is 38.3 Å². The summed E-state index contributed by atoms with van der Waals surface area (Å²) in [6.07, 6.45) is 2.24. The highest BCUT2D eigenvalue weighted by Gasteiger charge is 2.23. The number of thioether (sulfide) groups is 1. The summed E-state index contributed by atoms with van der Waals surface area (Å²) in [6, 6.07) is 8.14. The Hall–Kier alpha value is -1.42. The van der Waals surface area contributed by atoms with Crippen molar-refractivity contribution < 1.29 is 9.53 Å². The second-order valence-electron chi connectivity index (χ2n) is 7.25. The second-order valence-corrected chi connectivity index (χ2v) is 8.35. The number of hydrogen-bond donors (Lipinski definition) is 1. The fourth-order valence-electron chi connectivity index (χ4n) is 3.03. The molecule has 0 spiro atoms. The van der Waals surface area contributed by atoms with Crippen molar-refractivity contribution in [3.63, 3.8) is 0 Å². The summed E-state index contributed by atoms with van der Waals surface area (Å²) in [7, 11) is 0. The van der Waals surface area contributed by atoms with Crippen LogP contribution in [0.5, 0.6) is 0 Å². The van der Waals surface area contributed by atoms with Crippen molar-refractivity contribution in [2.45, 2.75) is 53.4 Å². The van der Waals surface area contributed by atoms with Crippen molar-refractivity contribution in [1.82, 2.24) is 0 Å². The maximum Gasteiger partial charge on any atom is 0.265 e. The molecule has 0 fully saturated rings. The highest BCUT2D eigenvalue weighted by atomic mass is 32.2. The molecule has 1 unspecified atom stereocenters. The average molecular weight is 348 g/mol. The van der Waals surface area contributed by atoms with E-state index >= 15 is 0 Å². The van der Waals surface area contributed by atoms with Gasteiger partial charge in [-0.15, -0.1) is 11.8 Å². The number of carbonyl (C=O) groups is 1.